The molecule has 0 unspecified atom stereocenters. The van der Waals surface area contributed by atoms with Gasteiger partial charge in [0.1, 0.15) is 0 Å². The van der Waals surface area contributed by atoms with E-state index in [0.717, 1.165) is 5.69 Å². The Balaban J connectivity index is 3.14. The van der Waals surface area contributed by atoms with Crippen molar-refractivity contribution < 1.29 is 0 Å². The fraction of sp³-hybridized carbons (Fsp3) is 0.500. The molecule has 2 N–H and O–H groups in total. The molecule has 1 aromatic rings. The molecule has 0 amide bonds. The molecule has 0 atom stereocenters. The normalized spacial score (nSPS) is 11.7. The molecule has 0 aromatic carbocycles. The van der Waals surface area contributed by atoms with E-state index in [0.29, 0.717) is 5.02 Å². The lowest BCUT2D eigenvalue weighted by Crippen LogP contribution is -2.14. The SMILES string of the molecule is CC(C)(C)c1cc(Cl)c(N)nn1. The highest BCUT2D eigenvalue weighted by Gasteiger charge is 2.16. The monoisotopic (exact) mass is 185 g/mol. The molecule has 4 heteroatoms. The van der Waals surface area contributed by atoms with Crippen molar-refractivity contribution >= 4 is 17.4 Å². The van der Waals surface area contributed by atoms with E-state index in [1.54, 1.807) is 6.07 Å². The lowest BCUT2D eigenvalue weighted by Gasteiger charge is -2.16. The van der Waals surface area contributed by atoms with Crippen LogP contribution in [0.4, 0.5) is 5.82 Å². The Kier molecular flexibility index (Phi) is 2.24. The van der Waals surface area contributed by atoms with Crippen LogP contribution in [0.1, 0.15) is 26.5 Å². The summed E-state index contributed by atoms with van der Waals surface area (Å²) >= 11 is 5.79. The van der Waals surface area contributed by atoms with Crippen LogP contribution in [-0.2, 0) is 5.41 Å². The van der Waals surface area contributed by atoms with Gasteiger partial charge in [0.25, 0.3) is 0 Å². The summed E-state index contributed by atoms with van der Waals surface area (Å²) < 4.78 is 0. The zero-order valence-corrected chi connectivity index (χ0v) is 8.18. The second-order valence-corrected chi connectivity index (χ2v) is 4.12. The Morgan fingerprint density at radius 3 is 2.33 bits per heavy atom. The largest absolute Gasteiger partial charge is 0.381 e. The Morgan fingerprint density at radius 2 is 1.92 bits per heavy atom. The summed E-state index contributed by atoms with van der Waals surface area (Å²) in [5.41, 5.74) is 6.24. The van der Waals surface area contributed by atoms with E-state index < -0.39 is 0 Å². The first-order chi connectivity index (χ1) is 5.41. The van der Waals surface area contributed by atoms with Gasteiger partial charge in [-0.2, -0.15) is 5.10 Å². The summed E-state index contributed by atoms with van der Waals surface area (Å²) in [6.07, 6.45) is 0. The van der Waals surface area contributed by atoms with Gasteiger partial charge in [-0.25, -0.2) is 0 Å². The van der Waals surface area contributed by atoms with Gasteiger partial charge in [-0.1, -0.05) is 32.4 Å². The van der Waals surface area contributed by atoms with Crippen molar-refractivity contribution in [3.63, 3.8) is 0 Å². The van der Waals surface area contributed by atoms with Crippen LogP contribution in [-0.4, -0.2) is 10.2 Å². The van der Waals surface area contributed by atoms with E-state index in [-0.39, 0.29) is 11.2 Å². The number of nitrogen functional groups attached to an aromatic ring is 1. The lowest BCUT2D eigenvalue weighted by atomic mass is 9.92. The molecule has 0 bridgehead atoms. The fourth-order valence-corrected chi connectivity index (χ4v) is 0.886. The van der Waals surface area contributed by atoms with Gasteiger partial charge in [0, 0.05) is 5.41 Å². The minimum Gasteiger partial charge on any atom is -0.381 e. The number of nitrogens with two attached hydrogens (primary N) is 1. The Bertz CT molecular complexity index is 291. The van der Waals surface area contributed by atoms with Crippen LogP contribution in [0.2, 0.25) is 5.02 Å². The molecule has 0 aliphatic rings. The van der Waals surface area contributed by atoms with Crippen LogP contribution in [0.5, 0.6) is 0 Å². The van der Waals surface area contributed by atoms with Crippen molar-refractivity contribution in [2.75, 3.05) is 5.73 Å². The number of anilines is 1. The van der Waals surface area contributed by atoms with Crippen molar-refractivity contribution in [2.45, 2.75) is 26.2 Å². The van der Waals surface area contributed by atoms with E-state index in [2.05, 4.69) is 10.2 Å². The van der Waals surface area contributed by atoms with Crippen LogP contribution in [0, 0.1) is 0 Å². The fourth-order valence-electron chi connectivity index (χ4n) is 0.745. The standard InChI is InChI=1S/C8H12ClN3/c1-8(2,3)6-4-5(9)7(10)12-11-6/h4H,1-3H3,(H2,10,12). The molecule has 1 heterocycles. The Labute approximate surface area is 76.9 Å². The predicted molar refractivity (Wildman–Crippen MR) is 50.2 cm³/mol. The first-order valence-electron chi connectivity index (χ1n) is 3.70. The summed E-state index contributed by atoms with van der Waals surface area (Å²) in [6.45, 7) is 6.14. The number of hydrogen-bond acceptors (Lipinski definition) is 3. The summed E-state index contributed by atoms with van der Waals surface area (Å²) in [6, 6.07) is 1.75. The first kappa shape index (κ1) is 9.26. The summed E-state index contributed by atoms with van der Waals surface area (Å²) in [5.74, 6) is 0.282. The molecule has 3 nitrogen and oxygen atoms in total. The third kappa shape index (κ3) is 1.85. The highest BCUT2D eigenvalue weighted by molar-refractivity contribution is 6.32. The molecule has 0 fully saturated rings. The maximum atomic E-state index is 5.79. The lowest BCUT2D eigenvalue weighted by molar-refractivity contribution is 0.559. The third-order valence-electron chi connectivity index (χ3n) is 1.54. The van der Waals surface area contributed by atoms with Gasteiger partial charge in [0.15, 0.2) is 5.82 Å². The number of aromatic nitrogens is 2. The van der Waals surface area contributed by atoms with Gasteiger partial charge < -0.3 is 5.73 Å². The molecule has 0 aliphatic heterocycles. The maximum Gasteiger partial charge on any atom is 0.164 e. The molecule has 1 rings (SSSR count). The molecule has 0 aliphatic carbocycles. The molecule has 1 aromatic heterocycles. The Hall–Kier alpha value is -0.830. The van der Waals surface area contributed by atoms with E-state index in [1.807, 2.05) is 20.8 Å². The van der Waals surface area contributed by atoms with Crippen LogP contribution in [0.15, 0.2) is 6.07 Å². The molecular formula is C8H12ClN3. The van der Waals surface area contributed by atoms with Crippen LogP contribution < -0.4 is 5.73 Å². The molecule has 12 heavy (non-hydrogen) atoms. The van der Waals surface area contributed by atoms with E-state index >= 15 is 0 Å². The molecule has 0 spiro atoms. The summed E-state index contributed by atoms with van der Waals surface area (Å²) in [7, 11) is 0. The number of nitrogens with zero attached hydrogens (tertiary/aromatic N) is 2. The smallest absolute Gasteiger partial charge is 0.164 e. The molecule has 0 saturated carbocycles. The van der Waals surface area contributed by atoms with Gasteiger partial charge in [0.2, 0.25) is 0 Å². The van der Waals surface area contributed by atoms with Gasteiger partial charge in [0.05, 0.1) is 10.7 Å². The highest BCUT2D eigenvalue weighted by atomic mass is 35.5. The van der Waals surface area contributed by atoms with Crippen LogP contribution >= 0.6 is 11.6 Å². The van der Waals surface area contributed by atoms with Gasteiger partial charge >= 0.3 is 0 Å². The summed E-state index contributed by atoms with van der Waals surface area (Å²) in [4.78, 5) is 0. The van der Waals surface area contributed by atoms with E-state index in [9.17, 15) is 0 Å². The van der Waals surface area contributed by atoms with Gasteiger partial charge in [-0.15, -0.1) is 5.10 Å². The minimum absolute atomic E-state index is 0.0374. The maximum absolute atomic E-state index is 5.79. The quantitative estimate of drug-likeness (QED) is 0.673. The average Bonchev–Trinajstić information content (AvgIpc) is 1.92. The zero-order chi connectivity index (χ0) is 9.35. The molecular weight excluding hydrogens is 174 g/mol. The number of halogens is 1. The van der Waals surface area contributed by atoms with Crippen LogP contribution in [0.25, 0.3) is 0 Å². The second-order valence-electron chi connectivity index (χ2n) is 3.71. The zero-order valence-electron chi connectivity index (χ0n) is 7.43. The number of rotatable bonds is 0. The van der Waals surface area contributed by atoms with Crippen molar-refractivity contribution in [3.05, 3.63) is 16.8 Å². The van der Waals surface area contributed by atoms with Crippen molar-refractivity contribution in [3.8, 4) is 0 Å². The molecule has 0 radical (unpaired) electrons. The highest BCUT2D eigenvalue weighted by Crippen LogP contribution is 2.23. The average molecular weight is 186 g/mol. The van der Waals surface area contributed by atoms with Gasteiger partial charge in [-0.05, 0) is 6.07 Å². The van der Waals surface area contributed by atoms with E-state index in [4.69, 9.17) is 17.3 Å². The van der Waals surface area contributed by atoms with Crippen molar-refractivity contribution in [1.29, 1.82) is 0 Å². The summed E-state index contributed by atoms with van der Waals surface area (Å²) in [5, 5.41) is 8.16. The topological polar surface area (TPSA) is 51.8 Å². The molecule has 66 valence electrons. The van der Waals surface area contributed by atoms with Crippen molar-refractivity contribution in [2.24, 2.45) is 0 Å². The van der Waals surface area contributed by atoms with E-state index in [1.165, 1.54) is 0 Å². The Morgan fingerprint density at radius 1 is 1.33 bits per heavy atom. The van der Waals surface area contributed by atoms with Crippen molar-refractivity contribution in [1.82, 2.24) is 10.2 Å². The third-order valence-corrected chi connectivity index (χ3v) is 1.84. The molecule has 0 saturated heterocycles. The first-order valence-corrected chi connectivity index (χ1v) is 4.08. The van der Waals surface area contributed by atoms with Crippen LogP contribution in [0.3, 0.4) is 0 Å². The predicted octanol–water partition coefficient (Wildman–Crippen LogP) is 2.01. The minimum atomic E-state index is -0.0374. The van der Waals surface area contributed by atoms with Gasteiger partial charge in [-0.3, -0.25) is 0 Å². The number of hydrogen-bond donors (Lipinski definition) is 1. The second kappa shape index (κ2) is 2.90.